The number of carbonyl (C=O) groups is 1. The van der Waals surface area contributed by atoms with Crippen LogP contribution in [0.4, 0.5) is 4.39 Å². The zero-order valence-corrected chi connectivity index (χ0v) is 5.87. The number of nitrogens with zero attached hydrogens (tertiary/aromatic N) is 1. The zero-order valence-electron chi connectivity index (χ0n) is 5.87. The molecule has 0 aliphatic carbocycles. The van der Waals surface area contributed by atoms with Crippen molar-refractivity contribution in [2.24, 2.45) is 0 Å². The maximum Gasteiger partial charge on any atom is 0.213 e. The second kappa shape index (κ2) is 3.09. The molecule has 0 atom stereocenters. The molecule has 0 amide bonds. The van der Waals surface area contributed by atoms with Gasteiger partial charge in [-0.3, -0.25) is 4.79 Å². The molecule has 0 saturated heterocycles. The molecule has 1 aromatic rings. The number of methoxy groups -OCH3 is 1. The van der Waals surface area contributed by atoms with Crippen LogP contribution in [0.5, 0.6) is 5.75 Å². The Bertz CT molecular complexity index is 275. The number of pyridine rings is 1. The van der Waals surface area contributed by atoms with E-state index in [9.17, 15) is 9.18 Å². The molecule has 0 bridgehead atoms. The van der Waals surface area contributed by atoms with Crippen molar-refractivity contribution in [2.75, 3.05) is 7.11 Å². The van der Waals surface area contributed by atoms with Gasteiger partial charge in [-0.2, -0.15) is 4.39 Å². The second-order valence-corrected chi connectivity index (χ2v) is 1.84. The fraction of sp³-hybridized carbons (Fsp3) is 0.143. The van der Waals surface area contributed by atoms with Gasteiger partial charge in [0.1, 0.15) is 11.4 Å². The van der Waals surface area contributed by atoms with Crippen LogP contribution in [0.25, 0.3) is 0 Å². The number of aldehydes is 1. The van der Waals surface area contributed by atoms with Gasteiger partial charge in [0.15, 0.2) is 6.29 Å². The van der Waals surface area contributed by atoms with Crippen LogP contribution in [0.3, 0.4) is 0 Å². The van der Waals surface area contributed by atoms with E-state index in [2.05, 4.69) is 4.98 Å². The van der Waals surface area contributed by atoms with Gasteiger partial charge in [0.05, 0.1) is 7.11 Å². The van der Waals surface area contributed by atoms with E-state index >= 15 is 0 Å². The van der Waals surface area contributed by atoms with Crippen LogP contribution in [0, 0.1) is 5.95 Å². The summed E-state index contributed by atoms with van der Waals surface area (Å²) in [6, 6.07) is 2.48. The first kappa shape index (κ1) is 7.65. The largest absolute Gasteiger partial charge is 0.494 e. The first-order valence-corrected chi connectivity index (χ1v) is 2.93. The van der Waals surface area contributed by atoms with Crippen LogP contribution < -0.4 is 4.74 Å². The van der Waals surface area contributed by atoms with Crippen molar-refractivity contribution in [3.63, 3.8) is 0 Å². The Hall–Kier alpha value is -1.45. The molecule has 0 aliphatic heterocycles. The normalized spacial score (nSPS) is 9.27. The quantitative estimate of drug-likeness (QED) is 0.473. The number of hydrogen-bond donors (Lipinski definition) is 0. The zero-order chi connectivity index (χ0) is 8.27. The lowest BCUT2D eigenvalue weighted by Gasteiger charge is -2.00. The number of ether oxygens (including phenoxy) is 1. The van der Waals surface area contributed by atoms with Gasteiger partial charge in [-0.25, -0.2) is 4.98 Å². The molecule has 1 heterocycles. The van der Waals surface area contributed by atoms with Crippen molar-refractivity contribution in [1.82, 2.24) is 4.98 Å². The molecule has 3 nitrogen and oxygen atoms in total. The summed E-state index contributed by atoms with van der Waals surface area (Å²) < 4.78 is 17.1. The summed E-state index contributed by atoms with van der Waals surface area (Å²) >= 11 is 0. The van der Waals surface area contributed by atoms with Gasteiger partial charge in [0.25, 0.3) is 0 Å². The van der Waals surface area contributed by atoms with E-state index < -0.39 is 5.95 Å². The minimum atomic E-state index is -0.687. The van der Waals surface area contributed by atoms with E-state index in [0.717, 1.165) is 6.07 Å². The summed E-state index contributed by atoms with van der Waals surface area (Å²) in [6.45, 7) is 0. The maximum atomic E-state index is 12.3. The van der Waals surface area contributed by atoms with Gasteiger partial charge in [-0.15, -0.1) is 0 Å². The van der Waals surface area contributed by atoms with Crippen LogP contribution in [0.1, 0.15) is 10.5 Å². The van der Waals surface area contributed by atoms with Crippen LogP contribution in [0.2, 0.25) is 0 Å². The van der Waals surface area contributed by atoms with Gasteiger partial charge < -0.3 is 4.74 Å². The summed E-state index contributed by atoms with van der Waals surface area (Å²) in [6.07, 6.45) is 0.446. The molecule has 0 radical (unpaired) electrons. The average molecular weight is 155 g/mol. The minimum Gasteiger partial charge on any atom is -0.494 e. The molecule has 0 unspecified atom stereocenters. The van der Waals surface area contributed by atoms with Gasteiger partial charge in [-0.1, -0.05) is 0 Å². The highest BCUT2D eigenvalue weighted by atomic mass is 19.1. The van der Waals surface area contributed by atoms with Crippen molar-refractivity contribution < 1.29 is 13.9 Å². The summed E-state index contributed by atoms with van der Waals surface area (Å²) in [5, 5.41) is 0. The molecular formula is C7H6FNO2. The Morgan fingerprint density at radius 1 is 1.64 bits per heavy atom. The number of carbonyl (C=O) groups excluding carboxylic acids is 1. The van der Waals surface area contributed by atoms with E-state index in [1.54, 1.807) is 0 Å². The average Bonchev–Trinajstić information content (AvgIpc) is 2.04. The molecule has 0 fully saturated rings. The number of rotatable bonds is 2. The third-order valence-corrected chi connectivity index (χ3v) is 1.18. The molecular weight excluding hydrogens is 149 g/mol. The second-order valence-electron chi connectivity index (χ2n) is 1.84. The smallest absolute Gasteiger partial charge is 0.213 e. The highest BCUT2D eigenvalue weighted by molar-refractivity contribution is 5.75. The maximum absolute atomic E-state index is 12.3. The number of hydrogen-bond acceptors (Lipinski definition) is 3. The highest BCUT2D eigenvalue weighted by Gasteiger charge is 2.03. The first-order chi connectivity index (χ1) is 5.27. The first-order valence-electron chi connectivity index (χ1n) is 2.93. The Morgan fingerprint density at radius 3 is 2.91 bits per heavy atom. The van der Waals surface area contributed by atoms with Crippen molar-refractivity contribution in [1.29, 1.82) is 0 Å². The van der Waals surface area contributed by atoms with Gasteiger partial charge >= 0.3 is 0 Å². The van der Waals surface area contributed by atoms with Crippen LogP contribution in [0.15, 0.2) is 12.1 Å². The van der Waals surface area contributed by atoms with Crippen LogP contribution in [-0.4, -0.2) is 18.4 Å². The van der Waals surface area contributed by atoms with E-state index in [4.69, 9.17) is 4.74 Å². The fourth-order valence-electron chi connectivity index (χ4n) is 0.694. The molecule has 0 spiro atoms. The van der Waals surface area contributed by atoms with E-state index in [-0.39, 0.29) is 11.4 Å². The number of halogens is 1. The van der Waals surface area contributed by atoms with Crippen molar-refractivity contribution >= 4 is 6.29 Å². The van der Waals surface area contributed by atoms with Crippen LogP contribution in [-0.2, 0) is 0 Å². The lowest BCUT2D eigenvalue weighted by Crippen LogP contribution is -1.95. The van der Waals surface area contributed by atoms with E-state index in [1.807, 2.05) is 0 Å². The third kappa shape index (κ3) is 1.52. The molecule has 1 aromatic heterocycles. The lowest BCUT2D eigenvalue weighted by molar-refractivity contribution is 0.111. The van der Waals surface area contributed by atoms with Crippen molar-refractivity contribution in [3.05, 3.63) is 23.8 Å². The fourth-order valence-corrected chi connectivity index (χ4v) is 0.694. The molecule has 0 saturated carbocycles. The Balaban J connectivity index is 3.16. The highest BCUT2D eigenvalue weighted by Crippen LogP contribution is 2.13. The summed E-state index contributed by atoms with van der Waals surface area (Å²) in [7, 11) is 1.39. The predicted octanol–water partition coefficient (Wildman–Crippen LogP) is 1.04. The SMILES string of the molecule is COc1ccc(F)nc1C=O. The molecule has 0 aliphatic rings. The van der Waals surface area contributed by atoms with Gasteiger partial charge in [0, 0.05) is 0 Å². The summed E-state index contributed by atoms with van der Waals surface area (Å²) in [5.41, 5.74) is -0.0208. The minimum absolute atomic E-state index is 0.0208. The Kier molecular flexibility index (Phi) is 2.15. The lowest BCUT2D eigenvalue weighted by atomic mass is 10.3. The summed E-state index contributed by atoms with van der Waals surface area (Å²) in [5.74, 6) is -0.408. The molecule has 58 valence electrons. The number of aromatic nitrogens is 1. The van der Waals surface area contributed by atoms with E-state index in [0.29, 0.717) is 6.29 Å². The topological polar surface area (TPSA) is 39.2 Å². The van der Waals surface area contributed by atoms with Crippen molar-refractivity contribution in [2.45, 2.75) is 0 Å². The van der Waals surface area contributed by atoms with Gasteiger partial charge in [0.2, 0.25) is 5.95 Å². The summed E-state index contributed by atoms with van der Waals surface area (Å²) in [4.78, 5) is 13.5. The molecule has 4 heteroatoms. The molecule has 0 aromatic carbocycles. The standard InChI is InChI=1S/C7H6FNO2/c1-11-6-2-3-7(8)9-5(6)4-10/h2-4H,1H3. The monoisotopic (exact) mass is 155 g/mol. The van der Waals surface area contributed by atoms with E-state index in [1.165, 1.54) is 13.2 Å². The third-order valence-electron chi connectivity index (χ3n) is 1.18. The predicted molar refractivity (Wildman–Crippen MR) is 36.1 cm³/mol. The Labute approximate surface area is 62.8 Å². The molecule has 1 rings (SSSR count). The van der Waals surface area contributed by atoms with Gasteiger partial charge in [-0.05, 0) is 12.1 Å². The van der Waals surface area contributed by atoms with Crippen molar-refractivity contribution in [3.8, 4) is 5.75 Å². The van der Waals surface area contributed by atoms with Crippen LogP contribution >= 0.6 is 0 Å². The molecule has 11 heavy (non-hydrogen) atoms. The molecule has 0 N–H and O–H groups in total. The Morgan fingerprint density at radius 2 is 2.36 bits per heavy atom.